The second-order valence-corrected chi connectivity index (χ2v) is 9.92. The molecular formula is C22H27ClN6O3S. The zero-order valence-corrected chi connectivity index (χ0v) is 20.2. The molecule has 0 aliphatic heterocycles. The van der Waals surface area contributed by atoms with Crippen molar-refractivity contribution >= 4 is 51.9 Å². The number of thioether (sulfide) groups is 1. The first-order chi connectivity index (χ1) is 15.8. The highest BCUT2D eigenvalue weighted by Gasteiger charge is 2.20. The predicted molar refractivity (Wildman–Crippen MR) is 129 cm³/mol. The van der Waals surface area contributed by atoms with E-state index in [0.717, 1.165) is 25.7 Å². The van der Waals surface area contributed by atoms with Crippen LogP contribution >= 0.6 is 23.4 Å². The highest BCUT2D eigenvalue weighted by atomic mass is 35.5. The van der Waals surface area contributed by atoms with E-state index in [1.165, 1.54) is 16.3 Å². The summed E-state index contributed by atoms with van der Waals surface area (Å²) in [4.78, 5) is 37.8. The molecule has 1 aromatic carbocycles. The molecule has 176 valence electrons. The standard InChI is InChI=1S/C22H27ClN6O3S/c1-13(2)24-18(30)9-10-28-20(32)16-11-14(23)7-8-17(16)29-21(28)26-27-22(29)33-12-19(31)25-15-5-3-4-6-15/h7-8,11,13,15H,3-6,9-10,12H2,1-2H3,(H,24,30)(H,25,31). The van der Waals surface area contributed by atoms with Crippen molar-refractivity contribution in [2.24, 2.45) is 0 Å². The van der Waals surface area contributed by atoms with Crippen LogP contribution in [0.3, 0.4) is 0 Å². The van der Waals surface area contributed by atoms with Crippen LogP contribution in [0.25, 0.3) is 16.7 Å². The van der Waals surface area contributed by atoms with Crippen LogP contribution in [0.5, 0.6) is 0 Å². The van der Waals surface area contributed by atoms with E-state index in [1.807, 2.05) is 13.8 Å². The van der Waals surface area contributed by atoms with E-state index < -0.39 is 0 Å². The molecule has 3 aromatic rings. The van der Waals surface area contributed by atoms with Gasteiger partial charge in [-0.2, -0.15) is 0 Å². The Morgan fingerprint density at radius 3 is 2.70 bits per heavy atom. The van der Waals surface area contributed by atoms with Gasteiger partial charge in [0.05, 0.1) is 16.7 Å². The van der Waals surface area contributed by atoms with E-state index in [-0.39, 0.29) is 48.2 Å². The third kappa shape index (κ3) is 5.33. The fourth-order valence-corrected chi connectivity index (χ4v) is 5.05. The van der Waals surface area contributed by atoms with Gasteiger partial charge in [-0.15, -0.1) is 10.2 Å². The number of rotatable bonds is 8. The predicted octanol–water partition coefficient (Wildman–Crippen LogP) is 2.76. The topological polar surface area (TPSA) is 110 Å². The molecule has 4 rings (SSSR count). The summed E-state index contributed by atoms with van der Waals surface area (Å²) >= 11 is 7.43. The molecule has 11 heteroatoms. The summed E-state index contributed by atoms with van der Waals surface area (Å²) in [5.41, 5.74) is 0.311. The molecule has 2 amide bonds. The van der Waals surface area contributed by atoms with Gasteiger partial charge in [0.25, 0.3) is 5.56 Å². The van der Waals surface area contributed by atoms with Crippen LogP contribution in [0, 0.1) is 0 Å². The summed E-state index contributed by atoms with van der Waals surface area (Å²) in [5.74, 6) is 0.321. The third-order valence-electron chi connectivity index (χ3n) is 5.60. The minimum Gasteiger partial charge on any atom is -0.354 e. The van der Waals surface area contributed by atoms with Crippen LogP contribution in [0.15, 0.2) is 28.2 Å². The molecule has 0 unspecified atom stereocenters. The van der Waals surface area contributed by atoms with Gasteiger partial charge in [0.2, 0.25) is 17.6 Å². The Bertz CT molecular complexity index is 1250. The lowest BCUT2D eigenvalue weighted by atomic mass is 10.2. The van der Waals surface area contributed by atoms with Gasteiger partial charge in [-0.25, -0.2) is 0 Å². The van der Waals surface area contributed by atoms with E-state index >= 15 is 0 Å². The molecule has 33 heavy (non-hydrogen) atoms. The highest BCUT2D eigenvalue weighted by molar-refractivity contribution is 7.99. The number of fused-ring (bicyclic) bond motifs is 3. The number of aryl methyl sites for hydroxylation is 1. The summed E-state index contributed by atoms with van der Waals surface area (Å²) in [6, 6.07) is 5.30. The molecule has 0 atom stereocenters. The molecule has 1 saturated carbocycles. The molecule has 1 fully saturated rings. The SMILES string of the molecule is CC(C)NC(=O)CCn1c(=O)c2cc(Cl)ccc2n2c(SCC(=O)NC3CCCC3)nnc12. The number of amides is 2. The van der Waals surface area contributed by atoms with Gasteiger partial charge in [-0.05, 0) is 44.9 Å². The number of halogens is 1. The first kappa shape index (κ1) is 23.6. The summed E-state index contributed by atoms with van der Waals surface area (Å²) in [5, 5.41) is 15.7. The Labute approximate surface area is 200 Å². The fourth-order valence-electron chi connectivity index (χ4n) is 4.13. The first-order valence-corrected chi connectivity index (χ1v) is 12.5. The Balaban J connectivity index is 1.65. The Morgan fingerprint density at radius 1 is 1.21 bits per heavy atom. The van der Waals surface area contributed by atoms with Crippen molar-refractivity contribution in [1.29, 1.82) is 0 Å². The van der Waals surface area contributed by atoms with Crippen LogP contribution in [0.1, 0.15) is 46.0 Å². The molecule has 2 aromatic heterocycles. The number of hydrogen-bond donors (Lipinski definition) is 2. The van der Waals surface area contributed by atoms with Crippen molar-refractivity contribution < 1.29 is 9.59 Å². The highest BCUT2D eigenvalue weighted by Crippen LogP contribution is 2.24. The molecule has 0 spiro atoms. The van der Waals surface area contributed by atoms with Crippen molar-refractivity contribution in [1.82, 2.24) is 29.8 Å². The van der Waals surface area contributed by atoms with Crippen molar-refractivity contribution in [2.45, 2.75) is 69.7 Å². The fraction of sp³-hybridized carbons (Fsp3) is 0.500. The number of aromatic nitrogens is 4. The van der Waals surface area contributed by atoms with Crippen LogP contribution in [0.2, 0.25) is 5.02 Å². The largest absolute Gasteiger partial charge is 0.354 e. The minimum atomic E-state index is -0.291. The monoisotopic (exact) mass is 490 g/mol. The van der Waals surface area contributed by atoms with E-state index in [4.69, 9.17) is 11.6 Å². The van der Waals surface area contributed by atoms with Gasteiger partial charge in [0.15, 0.2) is 5.16 Å². The van der Waals surface area contributed by atoms with Crippen molar-refractivity contribution in [3.05, 3.63) is 33.6 Å². The normalized spacial score (nSPS) is 14.4. The molecule has 9 nitrogen and oxygen atoms in total. The number of hydrogen-bond acceptors (Lipinski definition) is 6. The van der Waals surface area contributed by atoms with Gasteiger partial charge in [-0.3, -0.25) is 23.4 Å². The van der Waals surface area contributed by atoms with Gasteiger partial charge < -0.3 is 10.6 Å². The number of nitrogens with one attached hydrogen (secondary N) is 2. The van der Waals surface area contributed by atoms with E-state index in [0.29, 0.717) is 26.9 Å². The average molecular weight is 491 g/mol. The lowest BCUT2D eigenvalue weighted by Crippen LogP contribution is -2.33. The Morgan fingerprint density at radius 2 is 1.97 bits per heavy atom. The lowest BCUT2D eigenvalue weighted by Gasteiger charge is -2.13. The number of carbonyl (C=O) groups is 2. The number of benzene rings is 1. The molecular weight excluding hydrogens is 464 g/mol. The molecule has 1 aliphatic carbocycles. The second-order valence-electron chi connectivity index (χ2n) is 8.55. The minimum absolute atomic E-state index is 0.0103. The zero-order chi connectivity index (χ0) is 23.5. The quantitative estimate of drug-likeness (QED) is 0.470. The van der Waals surface area contributed by atoms with Crippen LogP contribution < -0.4 is 16.2 Å². The van der Waals surface area contributed by atoms with E-state index in [1.54, 1.807) is 22.6 Å². The summed E-state index contributed by atoms with van der Waals surface area (Å²) in [7, 11) is 0. The molecule has 1 aliphatic rings. The maximum absolute atomic E-state index is 13.2. The van der Waals surface area contributed by atoms with E-state index in [9.17, 15) is 14.4 Å². The maximum Gasteiger partial charge on any atom is 0.262 e. The molecule has 2 heterocycles. The van der Waals surface area contributed by atoms with Crippen molar-refractivity contribution in [2.75, 3.05) is 5.75 Å². The van der Waals surface area contributed by atoms with Crippen LogP contribution in [0.4, 0.5) is 0 Å². The van der Waals surface area contributed by atoms with Gasteiger partial charge in [0.1, 0.15) is 0 Å². The van der Waals surface area contributed by atoms with Gasteiger partial charge in [0, 0.05) is 30.1 Å². The Hall–Kier alpha value is -2.59. The zero-order valence-electron chi connectivity index (χ0n) is 18.6. The summed E-state index contributed by atoms with van der Waals surface area (Å²) in [6.07, 6.45) is 4.46. The smallest absolute Gasteiger partial charge is 0.262 e. The lowest BCUT2D eigenvalue weighted by molar-refractivity contribution is -0.122. The van der Waals surface area contributed by atoms with Gasteiger partial charge >= 0.3 is 0 Å². The summed E-state index contributed by atoms with van der Waals surface area (Å²) < 4.78 is 3.19. The number of carbonyl (C=O) groups excluding carboxylic acids is 2. The number of nitrogens with zero attached hydrogens (tertiary/aromatic N) is 4. The molecule has 0 radical (unpaired) electrons. The van der Waals surface area contributed by atoms with Gasteiger partial charge in [-0.1, -0.05) is 36.2 Å². The maximum atomic E-state index is 13.2. The molecule has 2 N–H and O–H groups in total. The molecule has 0 bridgehead atoms. The van der Waals surface area contributed by atoms with Crippen molar-refractivity contribution in [3.63, 3.8) is 0 Å². The van der Waals surface area contributed by atoms with E-state index in [2.05, 4.69) is 20.8 Å². The van der Waals surface area contributed by atoms with Crippen LogP contribution in [-0.2, 0) is 16.1 Å². The average Bonchev–Trinajstić information content (AvgIpc) is 3.42. The Kier molecular flexibility index (Phi) is 7.23. The first-order valence-electron chi connectivity index (χ1n) is 11.1. The molecule has 0 saturated heterocycles. The van der Waals surface area contributed by atoms with Crippen molar-refractivity contribution in [3.8, 4) is 0 Å². The third-order valence-corrected chi connectivity index (χ3v) is 6.76. The summed E-state index contributed by atoms with van der Waals surface area (Å²) in [6.45, 7) is 3.91. The van der Waals surface area contributed by atoms with Crippen LogP contribution in [-0.4, -0.2) is 48.8 Å². The second kappa shape index (κ2) is 10.1.